The summed E-state index contributed by atoms with van der Waals surface area (Å²) in [5.74, 6) is -0.129. The third-order valence-electron chi connectivity index (χ3n) is 5.31. The minimum atomic E-state index is -0.138. The highest BCUT2D eigenvalue weighted by Crippen LogP contribution is 2.19. The van der Waals surface area contributed by atoms with Crippen LogP contribution in [0.2, 0.25) is 0 Å². The molecule has 2 aliphatic rings. The van der Waals surface area contributed by atoms with Gasteiger partial charge in [-0.25, -0.2) is 0 Å². The van der Waals surface area contributed by atoms with Gasteiger partial charge in [0.1, 0.15) is 5.56 Å². The number of aryl methyl sites for hydroxylation is 1. The molecule has 132 valence electrons. The molecule has 6 nitrogen and oxygen atoms in total. The van der Waals surface area contributed by atoms with Crippen LogP contribution in [0.1, 0.15) is 47.6 Å². The lowest BCUT2D eigenvalue weighted by Gasteiger charge is -2.32. The van der Waals surface area contributed by atoms with Gasteiger partial charge in [0, 0.05) is 32.4 Å². The predicted molar refractivity (Wildman–Crippen MR) is 92.5 cm³/mol. The van der Waals surface area contributed by atoms with E-state index in [9.17, 15) is 9.59 Å². The number of ether oxygens (including phenoxy) is 1. The molecule has 3 heterocycles. The second-order valence-electron chi connectivity index (χ2n) is 6.79. The van der Waals surface area contributed by atoms with E-state index in [-0.39, 0.29) is 23.6 Å². The second-order valence-corrected chi connectivity index (χ2v) is 6.79. The molecule has 0 aliphatic carbocycles. The zero-order valence-electron chi connectivity index (χ0n) is 14.6. The fraction of sp³-hybridized carbons (Fsp3) is 0.667. The van der Waals surface area contributed by atoms with E-state index >= 15 is 0 Å². The lowest BCUT2D eigenvalue weighted by Crippen LogP contribution is -2.44. The van der Waals surface area contributed by atoms with Crippen LogP contribution >= 0.6 is 0 Å². The average Bonchev–Trinajstić information content (AvgIpc) is 2.62. The predicted octanol–water partition coefficient (Wildman–Crippen LogP) is 1.33. The van der Waals surface area contributed by atoms with E-state index in [1.165, 1.54) is 0 Å². The summed E-state index contributed by atoms with van der Waals surface area (Å²) in [6.45, 7) is 4.98. The molecule has 0 spiro atoms. The number of hydrogen-bond donors (Lipinski definition) is 1. The first-order chi connectivity index (χ1) is 11.6. The minimum Gasteiger partial charge on any atom is -0.381 e. The number of pyridine rings is 1. The number of aromatic nitrogens is 1. The monoisotopic (exact) mass is 333 g/mol. The highest BCUT2D eigenvalue weighted by molar-refractivity contribution is 5.95. The topological polar surface area (TPSA) is 63.6 Å². The minimum absolute atomic E-state index is 0.129. The molecule has 1 aromatic rings. The van der Waals surface area contributed by atoms with Gasteiger partial charge in [0.05, 0.1) is 6.10 Å². The lowest BCUT2D eigenvalue weighted by molar-refractivity contribution is 0.0349. The van der Waals surface area contributed by atoms with Crippen LogP contribution in [0.25, 0.3) is 0 Å². The van der Waals surface area contributed by atoms with Gasteiger partial charge in [-0.1, -0.05) is 0 Å². The SMILES string of the molecule is COC1CCN(C(=O)c2c(C)ccn(C3CCNCC3)c2=O)CC1. The highest BCUT2D eigenvalue weighted by atomic mass is 16.5. The van der Waals surface area contributed by atoms with E-state index in [1.54, 1.807) is 16.6 Å². The number of nitrogens with zero attached hydrogens (tertiary/aromatic N) is 2. The molecule has 1 N–H and O–H groups in total. The number of carbonyl (C=O) groups is 1. The third kappa shape index (κ3) is 3.39. The van der Waals surface area contributed by atoms with E-state index < -0.39 is 0 Å². The number of rotatable bonds is 3. The van der Waals surface area contributed by atoms with E-state index in [0.29, 0.717) is 18.7 Å². The van der Waals surface area contributed by atoms with Crippen molar-refractivity contribution >= 4 is 5.91 Å². The number of likely N-dealkylation sites (tertiary alicyclic amines) is 1. The van der Waals surface area contributed by atoms with Gasteiger partial charge < -0.3 is 19.5 Å². The Labute approximate surface area is 142 Å². The van der Waals surface area contributed by atoms with Crippen molar-refractivity contribution in [2.24, 2.45) is 0 Å². The van der Waals surface area contributed by atoms with E-state index in [0.717, 1.165) is 44.3 Å². The van der Waals surface area contributed by atoms with Gasteiger partial charge >= 0.3 is 0 Å². The van der Waals surface area contributed by atoms with Crippen molar-refractivity contribution in [3.05, 3.63) is 33.7 Å². The quantitative estimate of drug-likeness (QED) is 0.906. The van der Waals surface area contributed by atoms with Crippen LogP contribution in [-0.4, -0.2) is 54.8 Å². The van der Waals surface area contributed by atoms with Crippen molar-refractivity contribution < 1.29 is 9.53 Å². The van der Waals surface area contributed by atoms with E-state index in [1.807, 2.05) is 19.2 Å². The fourth-order valence-electron chi connectivity index (χ4n) is 3.73. The van der Waals surface area contributed by atoms with Gasteiger partial charge in [-0.2, -0.15) is 0 Å². The van der Waals surface area contributed by atoms with Crippen molar-refractivity contribution in [2.45, 2.75) is 44.8 Å². The van der Waals surface area contributed by atoms with Gasteiger partial charge in [-0.15, -0.1) is 0 Å². The molecule has 2 aliphatic heterocycles. The zero-order chi connectivity index (χ0) is 17.1. The molecule has 1 aromatic heterocycles. The Morgan fingerprint density at radius 1 is 1.21 bits per heavy atom. The van der Waals surface area contributed by atoms with Crippen molar-refractivity contribution in [3.8, 4) is 0 Å². The molecule has 2 fully saturated rings. The molecule has 0 atom stereocenters. The molecular weight excluding hydrogens is 306 g/mol. The molecule has 0 aromatic carbocycles. The van der Waals surface area contributed by atoms with Gasteiger partial charge in [0.2, 0.25) is 0 Å². The smallest absolute Gasteiger partial charge is 0.263 e. The zero-order valence-corrected chi connectivity index (χ0v) is 14.6. The van der Waals surface area contributed by atoms with E-state index in [2.05, 4.69) is 5.32 Å². The van der Waals surface area contributed by atoms with E-state index in [4.69, 9.17) is 4.74 Å². The summed E-state index contributed by atoms with van der Waals surface area (Å²) in [7, 11) is 1.71. The third-order valence-corrected chi connectivity index (χ3v) is 5.31. The maximum absolute atomic E-state index is 13.0. The molecule has 2 saturated heterocycles. The molecular formula is C18H27N3O3. The number of hydrogen-bond acceptors (Lipinski definition) is 4. The van der Waals surface area contributed by atoms with Gasteiger partial charge in [0.25, 0.3) is 11.5 Å². The summed E-state index contributed by atoms with van der Waals surface area (Å²) < 4.78 is 7.13. The Kier molecular flexibility index (Phi) is 5.36. The summed E-state index contributed by atoms with van der Waals surface area (Å²) >= 11 is 0. The summed E-state index contributed by atoms with van der Waals surface area (Å²) in [6, 6.07) is 2.09. The van der Waals surface area contributed by atoms with Gasteiger partial charge in [-0.3, -0.25) is 9.59 Å². The second kappa shape index (κ2) is 7.49. The first-order valence-electron chi connectivity index (χ1n) is 8.86. The number of nitrogens with one attached hydrogen (secondary N) is 1. The lowest BCUT2D eigenvalue weighted by atomic mass is 10.0. The normalized spacial score (nSPS) is 20.3. The maximum Gasteiger partial charge on any atom is 0.263 e. The van der Waals surface area contributed by atoms with Crippen LogP contribution in [0.4, 0.5) is 0 Å². The molecule has 6 heteroatoms. The largest absolute Gasteiger partial charge is 0.381 e. The number of methoxy groups -OCH3 is 1. The number of carbonyl (C=O) groups excluding carboxylic acids is 1. The Bertz CT molecular complexity index is 641. The summed E-state index contributed by atoms with van der Waals surface area (Å²) in [4.78, 5) is 27.7. The van der Waals surface area contributed by atoms with Crippen LogP contribution in [-0.2, 0) is 4.74 Å². The van der Waals surface area contributed by atoms with Crippen LogP contribution in [0, 0.1) is 6.92 Å². The summed E-state index contributed by atoms with van der Waals surface area (Å²) in [6.07, 6.45) is 5.58. The van der Waals surface area contributed by atoms with Gasteiger partial charge in [-0.05, 0) is 57.3 Å². The van der Waals surface area contributed by atoms with Crippen LogP contribution in [0.5, 0.6) is 0 Å². The first kappa shape index (κ1) is 17.2. The van der Waals surface area contributed by atoms with Crippen molar-refractivity contribution in [1.29, 1.82) is 0 Å². The Morgan fingerprint density at radius 2 is 1.88 bits per heavy atom. The molecule has 3 rings (SSSR count). The number of piperidine rings is 2. The van der Waals surface area contributed by atoms with Crippen LogP contribution in [0.15, 0.2) is 17.1 Å². The standard InChI is InChI=1S/C18H27N3O3/c1-13-5-12-21(14-3-8-19-9-4-14)18(23)16(13)17(22)20-10-6-15(24-2)7-11-20/h5,12,14-15,19H,3-4,6-11H2,1-2H3. The Balaban J connectivity index is 1.84. The van der Waals surface area contributed by atoms with Crippen molar-refractivity contribution in [1.82, 2.24) is 14.8 Å². The summed E-state index contributed by atoms with van der Waals surface area (Å²) in [5.41, 5.74) is 0.969. The van der Waals surface area contributed by atoms with Gasteiger partial charge in [0.15, 0.2) is 0 Å². The maximum atomic E-state index is 13.0. The Hall–Kier alpha value is -1.66. The van der Waals surface area contributed by atoms with Crippen LogP contribution < -0.4 is 10.9 Å². The van der Waals surface area contributed by atoms with Crippen molar-refractivity contribution in [2.75, 3.05) is 33.3 Å². The molecule has 0 unspecified atom stereocenters. The molecule has 0 radical (unpaired) electrons. The molecule has 24 heavy (non-hydrogen) atoms. The fourth-order valence-corrected chi connectivity index (χ4v) is 3.73. The Morgan fingerprint density at radius 3 is 2.50 bits per heavy atom. The molecule has 0 saturated carbocycles. The van der Waals surface area contributed by atoms with Crippen LogP contribution in [0.3, 0.4) is 0 Å². The molecule has 1 amide bonds. The summed E-state index contributed by atoms with van der Waals surface area (Å²) in [5, 5.41) is 3.31. The highest BCUT2D eigenvalue weighted by Gasteiger charge is 2.27. The first-order valence-corrected chi connectivity index (χ1v) is 8.86. The average molecular weight is 333 g/mol. The molecule has 0 bridgehead atoms. The number of amides is 1. The van der Waals surface area contributed by atoms with Crippen molar-refractivity contribution in [3.63, 3.8) is 0 Å².